The summed E-state index contributed by atoms with van der Waals surface area (Å²) < 4.78 is 1.77. The van der Waals surface area contributed by atoms with Crippen LogP contribution in [0.3, 0.4) is 0 Å². The second-order valence-electron chi connectivity index (χ2n) is 3.80. The lowest BCUT2D eigenvalue weighted by atomic mass is 10.2. The van der Waals surface area contributed by atoms with Crippen molar-refractivity contribution in [1.82, 2.24) is 20.0 Å². The summed E-state index contributed by atoms with van der Waals surface area (Å²) in [7, 11) is 1.89. The number of H-pyrrole nitrogens is 1. The molecule has 0 atom stereocenters. The lowest BCUT2D eigenvalue weighted by Crippen LogP contribution is -1.88. The van der Waals surface area contributed by atoms with Gasteiger partial charge in [0.2, 0.25) is 0 Å². The summed E-state index contributed by atoms with van der Waals surface area (Å²) in [6, 6.07) is 3.94. The number of aromatic nitrogens is 4. The maximum absolute atomic E-state index is 6.01. The molecule has 2 heterocycles. The van der Waals surface area contributed by atoms with E-state index in [9.17, 15) is 0 Å². The van der Waals surface area contributed by atoms with Crippen molar-refractivity contribution in [2.75, 3.05) is 5.73 Å². The fourth-order valence-corrected chi connectivity index (χ4v) is 2.57. The molecule has 2 aromatic heterocycles. The molecule has 0 aliphatic carbocycles. The highest BCUT2D eigenvalue weighted by Gasteiger charge is 2.06. The maximum Gasteiger partial charge on any atom is 0.0663 e. The minimum absolute atomic E-state index is 0.757. The Balaban J connectivity index is 2.01. The van der Waals surface area contributed by atoms with Crippen LogP contribution in [0.4, 0.5) is 5.69 Å². The van der Waals surface area contributed by atoms with Gasteiger partial charge in [0, 0.05) is 29.2 Å². The first-order chi connectivity index (χ1) is 8.22. The van der Waals surface area contributed by atoms with E-state index in [0.29, 0.717) is 0 Å². The monoisotopic (exact) mass is 245 g/mol. The number of aryl methyl sites for hydroxylation is 1. The first-order valence-corrected chi connectivity index (χ1v) is 5.93. The molecular formula is C11H11N5S. The Bertz CT molecular complexity index is 669. The molecule has 17 heavy (non-hydrogen) atoms. The molecule has 0 saturated carbocycles. The third-order valence-corrected chi connectivity index (χ3v) is 3.50. The van der Waals surface area contributed by atoms with Gasteiger partial charge in [0.25, 0.3) is 0 Å². The zero-order valence-electron chi connectivity index (χ0n) is 9.21. The number of hydrogen-bond acceptors (Lipinski definition) is 4. The van der Waals surface area contributed by atoms with E-state index in [4.69, 9.17) is 5.73 Å². The van der Waals surface area contributed by atoms with Crippen LogP contribution in [0.25, 0.3) is 10.9 Å². The summed E-state index contributed by atoms with van der Waals surface area (Å²) in [6.45, 7) is 0. The number of nitrogens with two attached hydrogens (primary N) is 1. The van der Waals surface area contributed by atoms with Crippen LogP contribution < -0.4 is 5.73 Å². The van der Waals surface area contributed by atoms with E-state index in [1.807, 2.05) is 31.6 Å². The Labute approximate surface area is 102 Å². The van der Waals surface area contributed by atoms with Crippen LogP contribution in [0, 0.1) is 0 Å². The van der Waals surface area contributed by atoms with Crippen LogP contribution in [-0.4, -0.2) is 20.0 Å². The van der Waals surface area contributed by atoms with E-state index in [1.54, 1.807) is 22.6 Å². The van der Waals surface area contributed by atoms with Gasteiger partial charge in [-0.3, -0.25) is 9.78 Å². The Hall–Kier alpha value is -1.95. The molecule has 0 spiro atoms. The van der Waals surface area contributed by atoms with Crippen molar-refractivity contribution in [2.45, 2.75) is 9.79 Å². The largest absolute Gasteiger partial charge is 0.398 e. The fraction of sp³-hybridized carbons (Fsp3) is 0.0909. The summed E-state index contributed by atoms with van der Waals surface area (Å²) in [6.07, 6.45) is 5.55. The van der Waals surface area contributed by atoms with E-state index >= 15 is 0 Å². The van der Waals surface area contributed by atoms with Crippen LogP contribution in [-0.2, 0) is 7.05 Å². The van der Waals surface area contributed by atoms with E-state index < -0.39 is 0 Å². The van der Waals surface area contributed by atoms with Gasteiger partial charge in [0.05, 0.1) is 22.8 Å². The second-order valence-corrected chi connectivity index (χ2v) is 4.91. The van der Waals surface area contributed by atoms with Crippen LogP contribution >= 0.6 is 11.8 Å². The van der Waals surface area contributed by atoms with Crippen molar-refractivity contribution in [3.63, 3.8) is 0 Å². The number of benzene rings is 1. The molecule has 0 aliphatic heterocycles. The number of fused-ring (bicyclic) bond motifs is 1. The number of nitrogens with one attached hydrogen (secondary N) is 1. The van der Waals surface area contributed by atoms with Crippen molar-refractivity contribution in [2.24, 2.45) is 7.05 Å². The van der Waals surface area contributed by atoms with E-state index in [2.05, 4.69) is 15.3 Å². The number of anilines is 1. The van der Waals surface area contributed by atoms with Crippen LogP contribution in [0.2, 0.25) is 0 Å². The lowest BCUT2D eigenvalue weighted by Gasteiger charge is -2.03. The minimum Gasteiger partial charge on any atom is -0.398 e. The quantitative estimate of drug-likeness (QED) is 0.678. The van der Waals surface area contributed by atoms with Gasteiger partial charge in [-0.25, -0.2) is 0 Å². The highest BCUT2D eigenvalue weighted by Crippen LogP contribution is 2.33. The fourth-order valence-electron chi connectivity index (χ4n) is 1.66. The molecule has 1 aromatic carbocycles. The van der Waals surface area contributed by atoms with Gasteiger partial charge in [0.15, 0.2) is 0 Å². The van der Waals surface area contributed by atoms with Crippen molar-refractivity contribution in [3.05, 3.63) is 30.7 Å². The SMILES string of the molecule is Cn1cc(Sc2cc3[nH]ncc3cc2N)cn1. The maximum atomic E-state index is 6.01. The van der Waals surface area contributed by atoms with Crippen LogP contribution in [0.5, 0.6) is 0 Å². The highest BCUT2D eigenvalue weighted by molar-refractivity contribution is 7.99. The number of nitrogen functional groups attached to an aromatic ring is 1. The topological polar surface area (TPSA) is 72.5 Å². The first-order valence-electron chi connectivity index (χ1n) is 5.11. The van der Waals surface area contributed by atoms with Gasteiger partial charge in [-0.1, -0.05) is 11.8 Å². The zero-order valence-corrected chi connectivity index (χ0v) is 10.0. The van der Waals surface area contributed by atoms with Crippen molar-refractivity contribution in [1.29, 1.82) is 0 Å². The third kappa shape index (κ3) is 1.87. The summed E-state index contributed by atoms with van der Waals surface area (Å²) in [5.74, 6) is 0. The van der Waals surface area contributed by atoms with Gasteiger partial charge in [-0.2, -0.15) is 10.2 Å². The molecule has 0 aliphatic rings. The van der Waals surface area contributed by atoms with Gasteiger partial charge >= 0.3 is 0 Å². The standard InChI is InChI=1S/C11H11N5S/c1-16-6-8(5-14-16)17-11-3-10-7(2-9(11)12)4-13-15-10/h2-6H,12H2,1H3,(H,13,15). The van der Waals surface area contributed by atoms with E-state index in [-0.39, 0.29) is 0 Å². The van der Waals surface area contributed by atoms with Crippen molar-refractivity contribution in [3.8, 4) is 0 Å². The summed E-state index contributed by atoms with van der Waals surface area (Å²) in [4.78, 5) is 2.08. The average molecular weight is 245 g/mol. The summed E-state index contributed by atoms with van der Waals surface area (Å²) in [5.41, 5.74) is 7.76. The molecule has 3 aromatic rings. The van der Waals surface area contributed by atoms with Gasteiger partial charge < -0.3 is 5.73 Å². The van der Waals surface area contributed by atoms with Crippen molar-refractivity contribution < 1.29 is 0 Å². The van der Waals surface area contributed by atoms with Crippen LogP contribution in [0.1, 0.15) is 0 Å². The van der Waals surface area contributed by atoms with Gasteiger partial charge in [-0.15, -0.1) is 0 Å². The molecule has 0 saturated heterocycles. The predicted octanol–water partition coefficient (Wildman–Crippen LogP) is 2.03. The van der Waals surface area contributed by atoms with E-state index in [1.165, 1.54) is 0 Å². The molecule has 0 radical (unpaired) electrons. The first kappa shape index (κ1) is 10.2. The minimum atomic E-state index is 0.757. The Morgan fingerprint density at radius 3 is 3.00 bits per heavy atom. The number of hydrogen-bond donors (Lipinski definition) is 2. The smallest absolute Gasteiger partial charge is 0.0663 e. The van der Waals surface area contributed by atoms with Gasteiger partial charge in [-0.05, 0) is 12.1 Å². The molecule has 0 fully saturated rings. The number of nitrogens with zero attached hydrogens (tertiary/aromatic N) is 3. The average Bonchev–Trinajstić information content (AvgIpc) is 2.88. The Morgan fingerprint density at radius 1 is 1.35 bits per heavy atom. The molecule has 3 N–H and O–H groups in total. The molecule has 86 valence electrons. The second kappa shape index (κ2) is 3.81. The Kier molecular flexibility index (Phi) is 2.29. The third-order valence-electron chi connectivity index (χ3n) is 2.48. The molecule has 3 rings (SSSR count). The lowest BCUT2D eigenvalue weighted by molar-refractivity contribution is 0.766. The summed E-state index contributed by atoms with van der Waals surface area (Å²) in [5, 5.41) is 12.1. The van der Waals surface area contributed by atoms with E-state index in [0.717, 1.165) is 26.4 Å². The predicted molar refractivity (Wildman–Crippen MR) is 67.8 cm³/mol. The normalized spacial score (nSPS) is 11.1. The molecule has 0 bridgehead atoms. The molecule has 6 heteroatoms. The molecule has 0 unspecified atom stereocenters. The molecule has 5 nitrogen and oxygen atoms in total. The highest BCUT2D eigenvalue weighted by atomic mass is 32.2. The van der Waals surface area contributed by atoms with Crippen molar-refractivity contribution >= 4 is 28.4 Å². The zero-order chi connectivity index (χ0) is 11.8. The van der Waals surface area contributed by atoms with Crippen LogP contribution in [0.15, 0.2) is 40.5 Å². The molecule has 0 amide bonds. The van der Waals surface area contributed by atoms with Gasteiger partial charge in [0.1, 0.15) is 0 Å². The Morgan fingerprint density at radius 2 is 2.24 bits per heavy atom. The summed E-state index contributed by atoms with van der Waals surface area (Å²) >= 11 is 1.60. The number of rotatable bonds is 2. The number of aromatic amines is 1. The molecular weight excluding hydrogens is 234 g/mol.